The van der Waals surface area contributed by atoms with Gasteiger partial charge in [0, 0.05) is 10.6 Å². The van der Waals surface area contributed by atoms with E-state index < -0.39 is 12.6 Å². The van der Waals surface area contributed by atoms with Crippen LogP contribution in [-0.2, 0) is 9.53 Å². The van der Waals surface area contributed by atoms with Crippen molar-refractivity contribution in [3.05, 3.63) is 33.8 Å². The van der Waals surface area contributed by atoms with Crippen molar-refractivity contribution >= 4 is 35.0 Å². The SMILES string of the molecule is O=C(O)COCC(=O)c1ccc(Cl)cc1Cl. The van der Waals surface area contributed by atoms with Gasteiger partial charge < -0.3 is 9.84 Å². The molecule has 0 amide bonds. The van der Waals surface area contributed by atoms with Crippen LogP contribution < -0.4 is 0 Å². The van der Waals surface area contributed by atoms with Crippen LogP contribution in [0.1, 0.15) is 10.4 Å². The fourth-order valence-electron chi connectivity index (χ4n) is 1.02. The summed E-state index contributed by atoms with van der Waals surface area (Å²) < 4.78 is 4.66. The number of halogens is 2. The third-order valence-corrected chi connectivity index (χ3v) is 2.24. The second-order valence-electron chi connectivity index (χ2n) is 2.93. The van der Waals surface area contributed by atoms with E-state index in [1.807, 2.05) is 0 Å². The van der Waals surface area contributed by atoms with Crippen LogP contribution in [0.5, 0.6) is 0 Å². The van der Waals surface area contributed by atoms with E-state index in [0.717, 1.165) is 0 Å². The standard InChI is InChI=1S/C10H8Cl2O4/c11-6-1-2-7(8(12)3-6)9(13)4-16-5-10(14)15/h1-3H,4-5H2,(H,14,15). The lowest BCUT2D eigenvalue weighted by Crippen LogP contribution is -2.14. The molecule has 1 aromatic rings. The molecule has 0 aliphatic carbocycles. The van der Waals surface area contributed by atoms with Gasteiger partial charge in [-0.1, -0.05) is 23.2 Å². The van der Waals surface area contributed by atoms with Gasteiger partial charge in [0.25, 0.3) is 0 Å². The van der Waals surface area contributed by atoms with Gasteiger partial charge in [-0.05, 0) is 18.2 Å². The third-order valence-electron chi connectivity index (χ3n) is 1.69. The van der Waals surface area contributed by atoms with Crippen molar-refractivity contribution in [2.45, 2.75) is 0 Å². The molecule has 0 heterocycles. The summed E-state index contributed by atoms with van der Waals surface area (Å²) in [7, 11) is 0. The second-order valence-corrected chi connectivity index (χ2v) is 3.78. The van der Waals surface area contributed by atoms with Crippen LogP contribution >= 0.6 is 23.2 Å². The van der Waals surface area contributed by atoms with Crippen LogP contribution in [0.3, 0.4) is 0 Å². The molecule has 0 spiro atoms. The highest BCUT2D eigenvalue weighted by atomic mass is 35.5. The minimum Gasteiger partial charge on any atom is -0.480 e. The van der Waals surface area contributed by atoms with E-state index in [2.05, 4.69) is 4.74 Å². The first-order valence-corrected chi connectivity index (χ1v) is 5.04. The summed E-state index contributed by atoms with van der Waals surface area (Å²) in [6.45, 7) is -0.843. The lowest BCUT2D eigenvalue weighted by molar-refractivity contribution is -0.141. The van der Waals surface area contributed by atoms with Crippen molar-refractivity contribution in [2.24, 2.45) is 0 Å². The number of aliphatic carboxylic acids is 1. The van der Waals surface area contributed by atoms with E-state index >= 15 is 0 Å². The number of carboxylic acid groups (broad SMARTS) is 1. The highest BCUT2D eigenvalue weighted by Gasteiger charge is 2.11. The molecule has 0 aliphatic rings. The summed E-state index contributed by atoms with van der Waals surface area (Å²) >= 11 is 11.5. The second kappa shape index (κ2) is 5.84. The van der Waals surface area contributed by atoms with Crippen molar-refractivity contribution < 1.29 is 19.4 Å². The zero-order valence-electron chi connectivity index (χ0n) is 8.07. The molecule has 0 saturated carbocycles. The highest BCUT2D eigenvalue weighted by molar-refractivity contribution is 6.36. The van der Waals surface area contributed by atoms with Crippen LogP contribution in [0, 0.1) is 0 Å². The fraction of sp³-hybridized carbons (Fsp3) is 0.200. The maximum Gasteiger partial charge on any atom is 0.329 e. The molecule has 0 aliphatic heterocycles. The summed E-state index contributed by atoms with van der Waals surface area (Å²) in [6.07, 6.45) is 0. The molecule has 1 aromatic carbocycles. The number of ketones is 1. The molecule has 0 aromatic heterocycles. The molecule has 6 heteroatoms. The van der Waals surface area contributed by atoms with Gasteiger partial charge in [0.1, 0.15) is 13.2 Å². The van der Waals surface area contributed by atoms with Crippen molar-refractivity contribution in [1.82, 2.24) is 0 Å². The number of carbonyl (C=O) groups excluding carboxylic acids is 1. The maximum atomic E-state index is 11.5. The highest BCUT2D eigenvalue weighted by Crippen LogP contribution is 2.21. The van der Waals surface area contributed by atoms with Crippen LogP contribution in [0.25, 0.3) is 0 Å². The van der Waals surface area contributed by atoms with Gasteiger partial charge in [-0.15, -0.1) is 0 Å². The van der Waals surface area contributed by atoms with Crippen molar-refractivity contribution in [2.75, 3.05) is 13.2 Å². The molecule has 1 rings (SSSR count). The van der Waals surface area contributed by atoms with E-state index in [1.54, 1.807) is 0 Å². The quantitative estimate of drug-likeness (QED) is 0.827. The van der Waals surface area contributed by atoms with Gasteiger partial charge in [-0.25, -0.2) is 4.79 Å². The summed E-state index contributed by atoms with van der Waals surface area (Å²) in [5.74, 6) is -1.52. The van der Waals surface area contributed by atoms with Gasteiger partial charge in [-0.3, -0.25) is 4.79 Å². The molecule has 0 atom stereocenters. The number of Topliss-reactive ketones (excluding diaryl/α,β-unsaturated/α-hetero) is 1. The Kier molecular flexibility index (Phi) is 4.73. The van der Waals surface area contributed by atoms with Gasteiger partial charge in [-0.2, -0.15) is 0 Å². The first-order valence-electron chi connectivity index (χ1n) is 4.28. The van der Waals surface area contributed by atoms with Crippen LogP contribution in [-0.4, -0.2) is 30.1 Å². The van der Waals surface area contributed by atoms with E-state index in [1.165, 1.54) is 18.2 Å². The Hall–Kier alpha value is -1.10. The number of hydrogen-bond acceptors (Lipinski definition) is 3. The topological polar surface area (TPSA) is 63.6 Å². The summed E-state index contributed by atoms with van der Waals surface area (Å²) in [5, 5.41) is 8.95. The Morgan fingerprint density at radius 2 is 1.94 bits per heavy atom. The largest absolute Gasteiger partial charge is 0.480 e. The van der Waals surface area contributed by atoms with Gasteiger partial charge >= 0.3 is 5.97 Å². The lowest BCUT2D eigenvalue weighted by Gasteiger charge is -2.03. The third kappa shape index (κ3) is 3.81. The first-order chi connectivity index (χ1) is 7.50. The number of hydrogen-bond donors (Lipinski definition) is 1. The molecule has 86 valence electrons. The Labute approximate surface area is 102 Å². The van der Waals surface area contributed by atoms with Gasteiger partial charge in [0.05, 0.1) is 5.02 Å². The molecule has 0 bridgehead atoms. The van der Waals surface area contributed by atoms with Crippen molar-refractivity contribution in [3.63, 3.8) is 0 Å². The molecule has 16 heavy (non-hydrogen) atoms. The predicted octanol–water partition coefficient (Wildman–Crippen LogP) is 2.28. The molecular formula is C10H8Cl2O4. The first kappa shape index (κ1) is 13.0. The van der Waals surface area contributed by atoms with Crippen molar-refractivity contribution in [1.29, 1.82) is 0 Å². The number of benzene rings is 1. The number of ether oxygens (including phenoxy) is 1. The molecule has 0 unspecified atom stereocenters. The van der Waals surface area contributed by atoms with E-state index in [-0.39, 0.29) is 23.0 Å². The van der Waals surface area contributed by atoms with Crippen LogP contribution in [0.15, 0.2) is 18.2 Å². The average molecular weight is 263 g/mol. The zero-order chi connectivity index (χ0) is 12.1. The molecular weight excluding hydrogens is 255 g/mol. The number of carboxylic acids is 1. The van der Waals surface area contributed by atoms with Crippen LogP contribution in [0.4, 0.5) is 0 Å². The Balaban J connectivity index is 2.63. The van der Waals surface area contributed by atoms with Crippen molar-refractivity contribution in [3.8, 4) is 0 Å². The van der Waals surface area contributed by atoms with Gasteiger partial charge in [0.15, 0.2) is 5.78 Å². The van der Waals surface area contributed by atoms with E-state index in [4.69, 9.17) is 28.3 Å². The van der Waals surface area contributed by atoms with E-state index in [9.17, 15) is 9.59 Å². The Morgan fingerprint density at radius 1 is 1.25 bits per heavy atom. The minimum atomic E-state index is -1.13. The summed E-state index contributed by atoms with van der Waals surface area (Å²) in [6, 6.07) is 4.43. The molecule has 1 N–H and O–H groups in total. The lowest BCUT2D eigenvalue weighted by atomic mass is 10.1. The smallest absolute Gasteiger partial charge is 0.329 e. The minimum absolute atomic E-state index is 0.219. The monoisotopic (exact) mass is 262 g/mol. The molecule has 0 fully saturated rings. The number of carbonyl (C=O) groups is 2. The normalized spacial score (nSPS) is 10.1. The molecule has 0 saturated heterocycles. The molecule has 0 radical (unpaired) electrons. The van der Waals surface area contributed by atoms with E-state index in [0.29, 0.717) is 5.02 Å². The Bertz CT molecular complexity index is 417. The average Bonchev–Trinajstić information content (AvgIpc) is 2.16. The number of rotatable bonds is 5. The predicted molar refractivity (Wildman–Crippen MR) is 59.2 cm³/mol. The summed E-state index contributed by atoms with van der Waals surface area (Å²) in [5.41, 5.74) is 0.261. The molecule has 4 nitrogen and oxygen atoms in total. The van der Waals surface area contributed by atoms with Crippen LogP contribution in [0.2, 0.25) is 10.0 Å². The maximum absolute atomic E-state index is 11.5. The fourth-order valence-corrected chi connectivity index (χ4v) is 1.54. The zero-order valence-corrected chi connectivity index (χ0v) is 9.59. The van der Waals surface area contributed by atoms with Gasteiger partial charge in [0.2, 0.25) is 0 Å². The summed E-state index contributed by atoms with van der Waals surface area (Å²) in [4.78, 5) is 21.7. The Morgan fingerprint density at radius 3 is 2.50 bits per heavy atom.